The van der Waals surface area contributed by atoms with Gasteiger partial charge in [-0.3, -0.25) is 9.69 Å². The third-order valence-electron chi connectivity index (χ3n) is 4.67. The highest BCUT2D eigenvalue weighted by Gasteiger charge is 2.33. The van der Waals surface area contributed by atoms with E-state index in [0.29, 0.717) is 24.1 Å². The van der Waals surface area contributed by atoms with Gasteiger partial charge in [0, 0.05) is 25.3 Å². The van der Waals surface area contributed by atoms with Crippen LogP contribution in [-0.4, -0.2) is 41.7 Å². The molecule has 0 aromatic carbocycles. The molecule has 7 nitrogen and oxygen atoms in total. The molecule has 0 saturated carbocycles. The first kappa shape index (κ1) is 17.0. The lowest BCUT2D eigenvalue weighted by Gasteiger charge is -2.19. The Bertz CT molecular complexity index is 602. The minimum Gasteiger partial charge on any atom is -0.460 e. The number of hydrogen-bond donors (Lipinski definition) is 1. The maximum Gasteiger partial charge on any atom is 0.320 e. The number of nitrogens with zero attached hydrogens (tertiary/aromatic N) is 3. The number of amides is 1. The van der Waals surface area contributed by atoms with Gasteiger partial charge in [-0.15, -0.1) is 0 Å². The highest BCUT2D eigenvalue weighted by molar-refractivity contribution is 6.01. The topological polar surface area (TPSA) is 90.6 Å². The van der Waals surface area contributed by atoms with E-state index in [1.54, 1.807) is 4.90 Å². The lowest BCUT2D eigenvalue weighted by Crippen LogP contribution is -2.30. The molecule has 1 saturated heterocycles. The minimum absolute atomic E-state index is 0.0219. The Morgan fingerprint density at radius 1 is 1.46 bits per heavy atom. The molecule has 132 valence electrons. The second kappa shape index (κ2) is 7.34. The van der Waals surface area contributed by atoms with Gasteiger partial charge in [-0.05, 0) is 32.1 Å². The summed E-state index contributed by atoms with van der Waals surface area (Å²) in [5.41, 5.74) is 6.76. The smallest absolute Gasteiger partial charge is 0.320 e. The number of ether oxygens (including phenoxy) is 2. The summed E-state index contributed by atoms with van der Waals surface area (Å²) in [4.78, 5) is 22.8. The summed E-state index contributed by atoms with van der Waals surface area (Å²) in [6.45, 7) is 6.33. The van der Waals surface area contributed by atoms with Gasteiger partial charge < -0.3 is 15.2 Å². The Labute approximate surface area is 142 Å². The van der Waals surface area contributed by atoms with E-state index < -0.39 is 0 Å². The van der Waals surface area contributed by atoms with E-state index in [1.807, 2.05) is 6.92 Å². The SMILES string of the molecule is CCC[C@H](C)Oc1nc(N)c2c(n1)N(CC[C@@H]1CCOC1)C(=O)C2. The normalized spacial score (nSPS) is 21.2. The molecule has 0 radical (unpaired) electrons. The molecule has 0 spiro atoms. The molecule has 1 aromatic rings. The summed E-state index contributed by atoms with van der Waals surface area (Å²) < 4.78 is 11.2. The summed E-state index contributed by atoms with van der Waals surface area (Å²) in [5.74, 6) is 1.51. The van der Waals surface area contributed by atoms with Crippen LogP contribution < -0.4 is 15.4 Å². The van der Waals surface area contributed by atoms with Crippen LogP contribution in [0.1, 0.15) is 45.1 Å². The molecule has 0 unspecified atom stereocenters. The van der Waals surface area contributed by atoms with E-state index in [-0.39, 0.29) is 24.4 Å². The van der Waals surface area contributed by atoms with Crippen LogP contribution in [0.2, 0.25) is 0 Å². The molecule has 3 rings (SSSR count). The summed E-state index contributed by atoms with van der Waals surface area (Å²) in [7, 11) is 0. The zero-order chi connectivity index (χ0) is 17.1. The van der Waals surface area contributed by atoms with Crippen LogP contribution in [-0.2, 0) is 16.0 Å². The molecule has 2 N–H and O–H groups in total. The first-order chi connectivity index (χ1) is 11.6. The van der Waals surface area contributed by atoms with Crippen LogP contribution >= 0.6 is 0 Å². The Kier molecular flexibility index (Phi) is 5.18. The van der Waals surface area contributed by atoms with Crippen LogP contribution in [0.15, 0.2) is 0 Å². The number of rotatable bonds is 7. The number of fused-ring (bicyclic) bond motifs is 1. The fourth-order valence-electron chi connectivity index (χ4n) is 3.28. The first-order valence-electron chi connectivity index (χ1n) is 8.79. The van der Waals surface area contributed by atoms with E-state index in [4.69, 9.17) is 15.2 Å². The van der Waals surface area contributed by atoms with E-state index in [9.17, 15) is 4.79 Å². The number of carbonyl (C=O) groups is 1. The zero-order valence-electron chi connectivity index (χ0n) is 14.5. The molecular weight excluding hydrogens is 308 g/mol. The monoisotopic (exact) mass is 334 g/mol. The van der Waals surface area contributed by atoms with E-state index >= 15 is 0 Å². The number of nitrogens with two attached hydrogens (primary N) is 1. The average Bonchev–Trinajstić information content (AvgIpc) is 3.14. The highest BCUT2D eigenvalue weighted by atomic mass is 16.5. The third-order valence-corrected chi connectivity index (χ3v) is 4.67. The van der Waals surface area contributed by atoms with E-state index in [2.05, 4.69) is 16.9 Å². The van der Waals surface area contributed by atoms with Crippen molar-refractivity contribution in [3.05, 3.63) is 5.56 Å². The van der Waals surface area contributed by atoms with Gasteiger partial charge in [-0.1, -0.05) is 13.3 Å². The van der Waals surface area contributed by atoms with Gasteiger partial charge in [-0.25, -0.2) is 0 Å². The molecule has 1 aromatic heterocycles. The van der Waals surface area contributed by atoms with Gasteiger partial charge in [-0.2, -0.15) is 9.97 Å². The Morgan fingerprint density at radius 3 is 3.00 bits per heavy atom. The summed E-state index contributed by atoms with van der Waals surface area (Å²) >= 11 is 0. The number of aromatic nitrogens is 2. The summed E-state index contributed by atoms with van der Waals surface area (Å²) in [5, 5.41) is 0. The molecule has 2 aliphatic rings. The van der Waals surface area contributed by atoms with Crippen molar-refractivity contribution in [3.63, 3.8) is 0 Å². The number of nitrogen functional groups attached to an aromatic ring is 1. The molecule has 1 fully saturated rings. The fraction of sp³-hybridized carbons (Fsp3) is 0.706. The molecule has 24 heavy (non-hydrogen) atoms. The average molecular weight is 334 g/mol. The van der Waals surface area contributed by atoms with Crippen molar-refractivity contribution in [2.24, 2.45) is 5.92 Å². The number of anilines is 2. The number of carbonyl (C=O) groups excluding carboxylic acids is 1. The van der Waals surface area contributed by atoms with Crippen LogP contribution in [0.5, 0.6) is 6.01 Å². The summed E-state index contributed by atoms with van der Waals surface area (Å²) in [6.07, 6.45) is 4.21. The van der Waals surface area contributed by atoms with Crippen molar-refractivity contribution < 1.29 is 14.3 Å². The lowest BCUT2D eigenvalue weighted by atomic mass is 10.1. The first-order valence-corrected chi connectivity index (χ1v) is 8.79. The van der Waals surface area contributed by atoms with Gasteiger partial charge in [0.2, 0.25) is 5.91 Å². The summed E-state index contributed by atoms with van der Waals surface area (Å²) in [6, 6.07) is 0.260. The lowest BCUT2D eigenvalue weighted by molar-refractivity contribution is -0.117. The molecule has 3 heterocycles. The van der Waals surface area contributed by atoms with Gasteiger partial charge in [0.15, 0.2) is 0 Å². The minimum atomic E-state index is 0.0219. The van der Waals surface area contributed by atoms with Gasteiger partial charge >= 0.3 is 6.01 Å². The molecule has 7 heteroatoms. The predicted octanol–water partition coefficient (Wildman–Crippen LogP) is 1.94. The van der Waals surface area contributed by atoms with Crippen LogP contribution in [0, 0.1) is 5.92 Å². The predicted molar refractivity (Wildman–Crippen MR) is 91.0 cm³/mol. The maximum absolute atomic E-state index is 12.4. The second-order valence-corrected chi connectivity index (χ2v) is 6.65. The highest BCUT2D eigenvalue weighted by Crippen LogP contribution is 2.33. The van der Waals surface area contributed by atoms with Crippen LogP contribution in [0.3, 0.4) is 0 Å². The Morgan fingerprint density at radius 2 is 2.29 bits per heavy atom. The van der Waals surface area contributed by atoms with Crippen molar-refractivity contribution in [3.8, 4) is 6.01 Å². The Hall–Kier alpha value is -1.89. The molecule has 0 aliphatic carbocycles. The van der Waals surface area contributed by atoms with Gasteiger partial charge in [0.25, 0.3) is 0 Å². The van der Waals surface area contributed by atoms with Crippen molar-refractivity contribution in [1.82, 2.24) is 9.97 Å². The quantitative estimate of drug-likeness (QED) is 0.819. The van der Waals surface area contributed by atoms with E-state index in [0.717, 1.165) is 44.5 Å². The number of hydrogen-bond acceptors (Lipinski definition) is 6. The largest absolute Gasteiger partial charge is 0.460 e. The van der Waals surface area contributed by atoms with E-state index in [1.165, 1.54) is 0 Å². The molecular formula is C17H26N4O3. The maximum atomic E-state index is 12.4. The van der Waals surface area contributed by atoms with Crippen LogP contribution in [0.25, 0.3) is 0 Å². The second-order valence-electron chi connectivity index (χ2n) is 6.65. The van der Waals surface area contributed by atoms with Crippen molar-refractivity contribution >= 4 is 17.5 Å². The molecule has 2 atom stereocenters. The van der Waals surface area contributed by atoms with Gasteiger partial charge in [0.05, 0.1) is 12.5 Å². The zero-order valence-corrected chi connectivity index (χ0v) is 14.5. The van der Waals surface area contributed by atoms with Crippen molar-refractivity contribution in [1.29, 1.82) is 0 Å². The molecule has 1 amide bonds. The molecule has 2 aliphatic heterocycles. The Balaban J connectivity index is 1.74. The van der Waals surface area contributed by atoms with Crippen molar-refractivity contribution in [2.75, 3.05) is 30.4 Å². The van der Waals surface area contributed by atoms with Crippen LogP contribution in [0.4, 0.5) is 11.6 Å². The standard InChI is InChI=1S/C17H26N4O3/c1-3-4-11(2)24-17-19-15(18)13-9-14(22)21(16(13)20-17)7-5-12-6-8-23-10-12/h11-12H,3-10H2,1-2H3,(H2,18,19,20)/t11-,12+/m0/s1. The third kappa shape index (κ3) is 3.61. The fourth-order valence-corrected chi connectivity index (χ4v) is 3.28. The van der Waals surface area contributed by atoms with Crippen molar-refractivity contribution in [2.45, 2.75) is 52.1 Å². The molecule has 0 bridgehead atoms. The van der Waals surface area contributed by atoms with Gasteiger partial charge in [0.1, 0.15) is 11.6 Å².